The van der Waals surface area contributed by atoms with Gasteiger partial charge in [-0.1, -0.05) is 27.7 Å². The number of H-pyrrole nitrogens is 1. The van der Waals surface area contributed by atoms with Crippen LogP contribution in [0.15, 0.2) is 31.0 Å². The molecule has 2 aromatic rings. The topological polar surface area (TPSA) is 89.8 Å². The molecule has 20 heavy (non-hydrogen) atoms. The lowest BCUT2D eigenvalue weighted by atomic mass is 10.1. The van der Waals surface area contributed by atoms with Crippen molar-refractivity contribution in [2.75, 3.05) is 6.26 Å². The second-order valence-electron chi connectivity index (χ2n) is 3.69. The number of rotatable bonds is 2. The van der Waals surface area contributed by atoms with Crippen LogP contribution in [0.25, 0.3) is 11.3 Å². The van der Waals surface area contributed by atoms with E-state index in [0.29, 0.717) is 19.7 Å². The van der Waals surface area contributed by atoms with Crippen LogP contribution in [0.4, 0.5) is 0 Å². The maximum Gasteiger partial charge on any atom is 0.270 e. The van der Waals surface area contributed by atoms with Gasteiger partial charge in [0.1, 0.15) is 17.4 Å². The van der Waals surface area contributed by atoms with Crippen molar-refractivity contribution in [2.45, 2.75) is 5.16 Å². The standard InChI is InChI=1S/C12H7Br2N3O2S/c1-20-12-16-10(6(4-15)11(19)17-12)5-2-9(18)8(14)3-7(5)13/h2-3,18H,1H3,(H,16,17,19). The van der Waals surface area contributed by atoms with E-state index in [9.17, 15) is 9.90 Å². The van der Waals surface area contributed by atoms with Crippen molar-refractivity contribution < 1.29 is 5.11 Å². The van der Waals surface area contributed by atoms with Gasteiger partial charge in [-0.2, -0.15) is 5.26 Å². The molecule has 0 aliphatic heterocycles. The molecule has 0 saturated carbocycles. The number of halogens is 2. The van der Waals surface area contributed by atoms with E-state index >= 15 is 0 Å². The van der Waals surface area contributed by atoms with Gasteiger partial charge in [0, 0.05) is 10.0 Å². The molecule has 0 atom stereocenters. The van der Waals surface area contributed by atoms with Gasteiger partial charge < -0.3 is 10.1 Å². The molecule has 0 unspecified atom stereocenters. The minimum absolute atomic E-state index is 0.000118. The van der Waals surface area contributed by atoms with Gasteiger partial charge in [-0.05, 0) is 34.3 Å². The molecule has 0 bridgehead atoms. The number of hydrogen-bond acceptors (Lipinski definition) is 5. The highest BCUT2D eigenvalue weighted by molar-refractivity contribution is 9.11. The van der Waals surface area contributed by atoms with Crippen molar-refractivity contribution in [3.8, 4) is 23.1 Å². The number of aromatic amines is 1. The van der Waals surface area contributed by atoms with E-state index in [2.05, 4.69) is 41.8 Å². The number of aromatic hydroxyl groups is 1. The number of phenolic OH excluding ortho intramolecular Hbond substituents is 1. The fourth-order valence-electron chi connectivity index (χ4n) is 1.57. The Hall–Kier alpha value is -1.30. The summed E-state index contributed by atoms with van der Waals surface area (Å²) >= 11 is 7.80. The monoisotopic (exact) mass is 415 g/mol. The summed E-state index contributed by atoms with van der Waals surface area (Å²) in [6.07, 6.45) is 1.77. The van der Waals surface area contributed by atoms with Gasteiger partial charge >= 0.3 is 0 Å². The zero-order valence-corrected chi connectivity index (χ0v) is 14.1. The van der Waals surface area contributed by atoms with Crippen molar-refractivity contribution in [3.05, 3.63) is 37.0 Å². The Kier molecular flexibility index (Phi) is 4.52. The van der Waals surface area contributed by atoms with Crippen LogP contribution in [0.2, 0.25) is 0 Å². The molecule has 1 heterocycles. The molecule has 2 N–H and O–H groups in total. The molecule has 0 aliphatic rings. The van der Waals surface area contributed by atoms with Crippen LogP contribution in [0, 0.1) is 11.3 Å². The van der Waals surface area contributed by atoms with Gasteiger partial charge in [0.2, 0.25) is 0 Å². The van der Waals surface area contributed by atoms with Gasteiger partial charge in [0.25, 0.3) is 5.56 Å². The van der Waals surface area contributed by atoms with E-state index in [0.717, 1.165) is 0 Å². The molecule has 5 nitrogen and oxygen atoms in total. The third kappa shape index (κ3) is 2.75. The molecule has 2 rings (SSSR count). The van der Waals surface area contributed by atoms with Crippen LogP contribution in [-0.4, -0.2) is 21.3 Å². The van der Waals surface area contributed by atoms with E-state index in [1.54, 1.807) is 12.3 Å². The molecule has 8 heteroatoms. The molecule has 0 fully saturated rings. The third-order valence-electron chi connectivity index (χ3n) is 2.49. The highest BCUT2D eigenvalue weighted by atomic mass is 79.9. The molecule has 1 aromatic carbocycles. The molecular formula is C12H7Br2N3O2S. The van der Waals surface area contributed by atoms with Crippen LogP contribution in [0.3, 0.4) is 0 Å². The summed E-state index contributed by atoms with van der Waals surface area (Å²) in [5.74, 6) is -0.000118. The first-order valence-corrected chi connectivity index (χ1v) is 8.05. The largest absolute Gasteiger partial charge is 0.507 e. The molecule has 0 spiro atoms. The van der Waals surface area contributed by atoms with Crippen molar-refractivity contribution in [3.63, 3.8) is 0 Å². The van der Waals surface area contributed by atoms with E-state index in [1.165, 1.54) is 17.8 Å². The first-order chi connectivity index (χ1) is 9.47. The minimum Gasteiger partial charge on any atom is -0.507 e. The van der Waals surface area contributed by atoms with Crippen molar-refractivity contribution in [1.29, 1.82) is 5.26 Å². The first-order valence-electron chi connectivity index (χ1n) is 5.24. The number of nitrogens with zero attached hydrogens (tertiary/aromatic N) is 2. The highest BCUT2D eigenvalue weighted by Gasteiger charge is 2.17. The second kappa shape index (κ2) is 5.99. The van der Waals surface area contributed by atoms with Gasteiger partial charge in [0.05, 0.1) is 10.2 Å². The van der Waals surface area contributed by atoms with Crippen LogP contribution in [0.1, 0.15) is 5.56 Å². The second-order valence-corrected chi connectivity index (χ2v) is 6.20. The fourth-order valence-corrected chi connectivity index (χ4v) is 3.13. The smallest absolute Gasteiger partial charge is 0.270 e. The molecular weight excluding hydrogens is 410 g/mol. The van der Waals surface area contributed by atoms with E-state index in [-0.39, 0.29) is 17.0 Å². The molecule has 102 valence electrons. The number of nitrogens with one attached hydrogen (secondary N) is 1. The van der Waals surface area contributed by atoms with E-state index in [1.807, 2.05) is 6.07 Å². The quantitative estimate of drug-likeness (QED) is 0.579. The van der Waals surface area contributed by atoms with Gasteiger partial charge in [0.15, 0.2) is 5.16 Å². The lowest BCUT2D eigenvalue weighted by molar-refractivity contribution is 0.472. The molecule has 0 amide bonds. The summed E-state index contributed by atoms with van der Waals surface area (Å²) in [6.45, 7) is 0. The summed E-state index contributed by atoms with van der Waals surface area (Å²) in [4.78, 5) is 18.6. The molecule has 1 aromatic heterocycles. The molecule has 0 radical (unpaired) electrons. The Labute approximate surface area is 135 Å². The van der Waals surface area contributed by atoms with Gasteiger partial charge in [-0.25, -0.2) is 4.98 Å². The summed E-state index contributed by atoms with van der Waals surface area (Å²) in [5.41, 5.74) is 0.111. The lowest BCUT2D eigenvalue weighted by Gasteiger charge is -2.09. The Morgan fingerprint density at radius 3 is 2.70 bits per heavy atom. The normalized spacial score (nSPS) is 10.3. The van der Waals surface area contributed by atoms with Crippen molar-refractivity contribution in [1.82, 2.24) is 9.97 Å². The predicted octanol–water partition coefficient (Wildman–Crippen LogP) is 3.26. The maximum atomic E-state index is 11.9. The zero-order chi connectivity index (χ0) is 14.9. The minimum atomic E-state index is -0.504. The summed E-state index contributed by atoms with van der Waals surface area (Å²) in [5, 5.41) is 19.3. The highest BCUT2D eigenvalue weighted by Crippen LogP contribution is 2.36. The number of hydrogen-bond donors (Lipinski definition) is 2. The number of thioether (sulfide) groups is 1. The van der Waals surface area contributed by atoms with E-state index < -0.39 is 5.56 Å². The fraction of sp³-hybridized carbons (Fsp3) is 0.0833. The van der Waals surface area contributed by atoms with Crippen LogP contribution < -0.4 is 5.56 Å². The van der Waals surface area contributed by atoms with E-state index in [4.69, 9.17) is 5.26 Å². The maximum absolute atomic E-state index is 11.9. The Balaban J connectivity index is 2.82. The average molecular weight is 417 g/mol. The molecule has 0 aliphatic carbocycles. The zero-order valence-electron chi connectivity index (χ0n) is 10.1. The predicted molar refractivity (Wildman–Crippen MR) is 83.9 cm³/mol. The Morgan fingerprint density at radius 1 is 1.40 bits per heavy atom. The van der Waals surface area contributed by atoms with Crippen LogP contribution in [-0.2, 0) is 0 Å². The van der Waals surface area contributed by atoms with Crippen molar-refractivity contribution in [2.24, 2.45) is 0 Å². The summed E-state index contributed by atoms with van der Waals surface area (Å²) in [6, 6.07) is 4.92. The van der Waals surface area contributed by atoms with Crippen LogP contribution in [0.5, 0.6) is 5.75 Å². The van der Waals surface area contributed by atoms with Crippen LogP contribution >= 0.6 is 43.6 Å². The third-order valence-corrected chi connectivity index (χ3v) is 4.37. The molecule has 0 saturated heterocycles. The van der Waals surface area contributed by atoms with Crippen molar-refractivity contribution >= 4 is 43.6 Å². The number of nitriles is 1. The number of phenols is 1. The lowest BCUT2D eigenvalue weighted by Crippen LogP contribution is -2.14. The number of benzene rings is 1. The Bertz CT molecular complexity index is 783. The Morgan fingerprint density at radius 2 is 2.10 bits per heavy atom. The summed E-state index contributed by atoms with van der Waals surface area (Å²) < 4.78 is 1.12. The average Bonchev–Trinajstić information content (AvgIpc) is 2.42. The number of aromatic nitrogens is 2. The first kappa shape index (κ1) is 15.1. The van der Waals surface area contributed by atoms with Gasteiger partial charge in [-0.3, -0.25) is 4.79 Å². The SMILES string of the molecule is CSc1nc(-c2cc(O)c(Br)cc2Br)c(C#N)c(=O)[nH]1. The van der Waals surface area contributed by atoms with Gasteiger partial charge in [-0.15, -0.1) is 0 Å². The summed E-state index contributed by atoms with van der Waals surface area (Å²) in [7, 11) is 0.